The molecular weight excluding hydrogens is 523 g/mol. The van der Waals surface area contributed by atoms with E-state index in [0.29, 0.717) is 35.4 Å². The van der Waals surface area contributed by atoms with Crippen LogP contribution in [-0.2, 0) is 4.79 Å². The van der Waals surface area contributed by atoms with E-state index in [2.05, 4.69) is 54.2 Å². The van der Waals surface area contributed by atoms with Crippen molar-refractivity contribution in [3.05, 3.63) is 53.4 Å². The Morgan fingerprint density at radius 1 is 0.905 bits per heavy atom. The molecule has 0 bridgehead atoms. The summed E-state index contributed by atoms with van der Waals surface area (Å²) in [6.07, 6.45) is 12.4. The number of Topliss-reactive ketones (excluding diaryl/α,β-unsaturated/α-hetero) is 1. The monoisotopic (exact) mass is 574 g/mol. The molecular formula is C38H51FO3. The van der Waals surface area contributed by atoms with Crippen LogP contribution in [0.15, 0.2) is 36.4 Å². The fourth-order valence-electron chi connectivity index (χ4n) is 12.7. The zero-order valence-electron chi connectivity index (χ0n) is 26.9. The van der Waals surface area contributed by atoms with Gasteiger partial charge in [0, 0.05) is 5.41 Å². The number of benzene rings is 1. The lowest BCUT2D eigenvalue weighted by Gasteiger charge is -2.72. The Morgan fingerprint density at radius 2 is 1.62 bits per heavy atom. The summed E-state index contributed by atoms with van der Waals surface area (Å²) in [7, 11) is 0. The molecule has 0 aliphatic heterocycles. The molecule has 9 atom stereocenters. The highest BCUT2D eigenvalue weighted by Gasteiger charge is 2.71. The predicted octanol–water partition coefficient (Wildman–Crippen LogP) is 9.76. The minimum Gasteiger partial charge on any atom is -0.478 e. The summed E-state index contributed by atoms with van der Waals surface area (Å²) in [4.78, 5) is 24.8. The first-order valence-corrected chi connectivity index (χ1v) is 16.4. The molecule has 5 aliphatic rings. The standard InChI is InChI=1S/C38H51FO3/c1-22(2)25-13-18-38(23(3)40)20-19-36(7)28(32(25)38)11-12-31-35(6)16-14-27(24-9-10-26(33(41)42)29(39)21-24)34(4,5)30(35)15-17-37(31,36)8/h9-10,14,21,25,28,30-32H,1,11-13,15-20H2,2-8H3,(H,41,42)/t25-,28+,30-,31+,32+,35-,36+,37+,38+/m0/s1. The van der Waals surface area contributed by atoms with Crippen LogP contribution in [0.25, 0.3) is 5.57 Å². The maximum Gasteiger partial charge on any atom is 0.338 e. The van der Waals surface area contributed by atoms with Crippen molar-refractivity contribution >= 4 is 17.3 Å². The lowest BCUT2D eigenvalue weighted by atomic mass is 9.32. The van der Waals surface area contributed by atoms with E-state index in [4.69, 9.17) is 0 Å². The van der Waals surface area contributed by atoms with Gasteiger partial charge < -0.3 is 5.11 Å². The highest BCUT2D eigenvalue weighted by molar-refractivity contribution is 5.88. The van der Waals surface area contributed by atoms with Crippen molar-refractivity contribution in [3.63, 3.8) is 0 Å². The summed E-state index contributed by atoms with van der Waals surface area (Å²) in [5.74, 6) is 1.01. The Balaban J connectivity index is 1.38. The third-order valence-corrected chi connectivity index (χ3v) is 14.9. The zero-order valence-corrected chi connectivity index (χ0v) is 26.9. The average molecular weight is 575 g/mol. The zero-order chi connectivity index (χ0) is 30.6. The molecule has 42 heavy (non-hydrogen) atoms. The van der Waals surface area contributed by atoms with Gasteiger partial charge in [-0.1, -0.05) is 58.9 Å². The van der Waals surface area contributed by atoms with Gasteiger partial charge in [0.25, 0.3) is 0 Å². The fraction of sp³-hybridized carbons (Fsp3) is 0.684. The molecule has 3 nitrogen and oxygen atoms in total. The first kappa shape index (κ1) is 29.8. The summed E-state index contributed by atoms with van der Waals surface area (Å²) >= 11 is 0. The number of aromatic carboxylic acids is 1. The number of carboxylic acid groups (broad SMARTS) is 1. The van der Waals surface area contributed by atoms with E-state index in [1.165, 1.54) is 37.0 Å². The van der Waals surface area contributed by atoms with Crippen molar-refractivity contribution in [2.75, 3.05) is 0 Å². The number of ketones is 1. The molecule has 4 saturated carbocycles. The van der Waals surface area contributed by atoms with Gasteiger partial charge in [0.2, 0.25) is 0 Å². The van der Waals surface area contributed by atoms with Crippen molar-refractivity contribution < 1.29 is 19.1 Å². The second-order valence-electron chi connectivity index (χ2n) is 16.4. The second-order valence-corrected chi connectivity index (χ2v) is 16.4. The number of allylic oxidation sites excluding steroid dienone is 3. The Bertz CT molecular complexity index is 1390. The highest BCUT2D eigenvalue weighted by Crippen LogP contribution is 2.77. The van der Waals surface area contributed by atoms with Crippen molar-refractivity contribution in [1.29, 1.82) is 0 Å². The number of hydrogen-bond acceptors (Lipinski definition) is 2. The molecule has 0 saturated heterocycles. The summed E-state index contributed by atoms with van der Waals surface area (Å²) < 4.78 is 14.8. The van der Waals surface area contributed by atoms with E-state index in [-0.39, 0.29) is 32.6 Å². The van der Waals surface area contributed by atoms with E-state index in [1.807, 2.05) is 6.92 Å². The number of carboxylic acids is 1. The smallest absolute Gasteiger partial charge is 0.338 e. The molecule has 4 fully saturated rings. The van der Waals surface area contributed by atoms with Crippen LogP contribution >= 0.6 is 0 Å². The summed E-state index contributed by atoms with van der Waals surface area (Å²) in [5, 5.41) is 9.35. The van der Waals surface area contributed by atoms with Gasteiger partial charge in [0.05, 0.1) is 5.56 Å². The van der Waals surface area contributed by atoms with Crippen LogP contribution in [0.4, 0.5) is 4.39 Å². The van der Waals surface area contributed by atoms with Gasteiger partial charge in [-0.15, -0.1) is 0 Å². The van der Waals surface area contributed by atoms with Gasteiger partial charge in [-0.3, -0.25) is 4.79 Å². The Morgan fingerprint density at radius 3 is 2.24 bits per heavy atom. The minimum atomic E-state index is -1.23. The number of fused-ring (bicyclic) bond motifs is 7. The number of carbonyl (C=O) groups excluding carboxylic acids is 1. The lowest BCUT2D eigenvalue weighted by molar-refractivity contribution is -0.224. The minimum absolute atomic E-state index is 0.131. The van der Waals surface area contributed by atoms with Gasteiger partial charge in [0.15, 0.2) is 0 Å². The Hall–Kier alpha value is -2.23. The molecule has 0 radical (unpaired) electrons. The fourth-order valence-corrected chi connectivity index (χ4v) is 12.7. The molecule has 5 aliphatic carbocycles. The molecule has 228 valence electrons. The Labute approximate surface area is 252 Å². The molecule has 0 heterocycles. The molecule has 0 aromatic heterocycles. The van der Waals surface area contributed by atoms with Crippen molar-refractivity contribution in [3.8, 4) is 0 Å². The van der Waals surface area contributed by atoms with Crippen LogP contribution in [0, 0.1) is 62.5 Å². The van der Waals surface area contributed by atoms with E-state index in [1.54, 1.807) is 6.07 Å². The topological polar surface area (TPSA) is 54.4 Å². The van der Waals surface area contributed by atoms with Gasteiger partial charge >= 0.3 is 5.97 Å². The van der Waals surface area contributed by atoms with Crippen LogP contribution < -0.4 is 0 Å². The SMILES string of the molecule is C=C(C)[C@@H]1CC[C@]2(C(C)=O)CC[C@]3(C)[C@H](CC[C@@H]4[C@@]5(C)CC=C(c6ccc(C(=O)O)c(F)c6)C(C)(C)[C@@H]5CC[C@]43C)[C@@H]12. The largest absolute Gasteiger partial charge is 0.478 e. The molecule has 1 N–H and O–H groups in total. The molecule has 4 heteroatoms. The number of rotatable bonds is 4. The number of hydrogen-bond donors (Lipinski definition) is 1. The quantitative estimate of drug-likeness (QED) is 0.364. The van der Waals surface area contributed by atoms with Crippen molar-refractivity contribution in [2.45, 2.75) is 106 Å². The lowest BCUT2D eigenvalue weighted by Crippen LogP contribution is -2.65. The van der Waals surface area contributed by atoms with E-state index < -0.39 is 11.8 Å². The van der Waals surface area contributed by atoms with Crippen molar-refractivity contribution in [1.82, 2.24) is 0 Å². The van der Waals surface area contributed by atoms with E-state index >= 15 is 0 Å². The van der Waals surface area contributed by atoms with Gasteiger partial charge in [-0.25, -0.2) is 9.18 Å². The van der Waals surface area contributed by atoms with Gasteiger partial charge in [0.1, 0.15) is 11.6 Å². The highest BCUT2D eigenvalue weighted by atomic mass is 19.1. The van der Waals surface area contributed by atoms with Crippen LogP contribution in [-0.4, -0.2) is 16.9 Å². The van der Waals surface area contributed by atoms with Crippen LogP contribution in [0.1, 0.15) is 122 Å². The van der Waals surface area contributed by atoms with Crippen LogP contribution in [0.3, 0.4) is 0 Å². The first-order valence-electron chi connectivity index (χ1n) is 16.4. The van der Waals surface area contributed by atoms with E-state index in [0.717, 1.165) is 49.7 Å². The third-order valence-electron chi connectivity index (χ3n) is 14.9. The third kappa shape index (κ3) is 3.68. The van der Waals surface area contributed by atoms with Gasteiger partial charge in [-0.05, 0) is 146 Å². The molecule has 0 unspecified atom stereocenters. The molecule has 6 rings (SSSR count). The average Bonchev–Trinajstić information content (AvgIpc) is 3.30. The molecule has 1 aromatic rings. The maximum atomic E-state index is 14.8. The second kappa shape index (κ2) is 9.38. The van der Waals surface area contributed by atoms with Crippen LogP contribution in [0.2, 0.25) is 0 Å². The van der Waals surface area contributed by atoms with Crippen molar-refractivity contribution in [2.24, 2.45) is 56.7 Å². The first-order chi connectivity index (χ1) is 19.5. The maximum absolute atomic E-state index is 14.8. The van der Waals surface area contributed by atoms with Gasteiger partial charge in [-0.2, -0.15) is 0 Å². The van der Waals surface area contributed by atoms with E-state index in [9.17, 15) is 19.1 Å². The summed E-state index contributed by atoms with van der Waals surface area (Å²) in [5.41, 5.74) is 3.18. The number of halogens is 1. The molecule has 0 amide bonds. The predicted molar refractivity (Wildman–Crippen MR) is 166 cm³/mol. The number of carbonyl (C=O) groups is 2. The summed E-state index contributed by atoms with van der Waals surface area (Å²) in [6, 6.07) is 4.65. The van der Waals surface area contributed by atoms with Crippen LogP contribution in [0.5, 0.6) is 0 Å². The Kier molecular flexibility index (Phi) is 6.66. The molecule has 1 aromatic carbocycles. The summed E-state index contributed by atoms with van der Waals surface area (Å²) in [6.45, 7) is 20.9. The molecule has 0 spiro atoms. The normalized spacial score (nSPS) is 43.7.